The molecule has 49 heavy (non-hydrogen) atoms. The number of amides is 2. The number of para-hydroxylation sites is 1. The standard InChI is InChI=1S/C41H27NO7/c43-35-31-32(36(44)42(35)30-24-14-5-15-25-30)41(29-22-12-4-13-23-29)34(49-38(46)27-18-8-2-9-19-27)33(48-37(45)26-16-6-1-7-17-26)40(31,39(41)47)28-20-10-3-11-21-28/h1-25,31-32H/t31-,32+,40+,41-. The molecule has 1 saturated carbocycles. The number of benzene rings is 5. The summed E-state index contributed by atoms with van der Waals surface area (Å²) in [4.78, 5) is 74.3. The fourth-order valence-corrected chi connectivity index (χ4v) is 7.81. The van der Waals surface area contributed by atoms with Crippen LogP contribution in [0.3, 0.4) is 0 Å². The number of carbonyl (C=O) groups is 5. The van der Waals surface area contributed by atoms with E-state index in [1.807, 2.05) is 0 Å². The van der Waals surface area contributed by atoms with E-state index in [2.05, 4.69) is 0 Å². The van der Waals surface area contributed by atoms with Crippen molar-refractivity contribution < 1.29 is 33.4 Å². The zero-order valence-corrected chi connectivity index (χ0v) is 25.9. The summed E-state index contributed by atoms with van der Waals surface area (Å²) in [6, 6.07) is 41.8. The Morgan fingerprint density at radius 1 is 0.469 bits per heavy atom. The summed E-state index contributed by atoms with van der Waals surface area (Å²) in [7, 11) is 0. The first-order chi connectivity index (χ1) is 23.9. The number of ether oxygens (including phenoxy) is 2. The Bertz CT molecular complexity index is 2030. The number of allylic oxidation sites excluding steroid dienone is 2. The lowest BCUT2D eigenvalue weighted by Crippen LogP contribution is -2.46. The first-order valence-corrected chi connectivity index (χ1v) is 15.8. The van der Waals surface area contributed by atoms with Crippen LogP contribution in [0.4, 0.5) is 5.69 Å². The Hall–Kier alpha value is -6.41. The lowest BCUT2D eigenvalue weighted by atomic mass is 9.65. The van der Waals surface area contributed by atoms with Crippen molar-refractivity contribution in [2.75, 3.05) is 4.90 Å². The van der Waals surface area contributed by atoms with Crippen LogP contribution in [0, 0.1) is 11.8 Å². The Morgan fingerprint density at radius 3 is 1.16 bits per heavy atom. The average molecular weight is 646 g/mol. The zero-order chi connectivity index (χ0) is 33.8. The van der Waals surface area contributed by atoms with Gasteiger partial charge in [-0.25, -0.2) is 14.5 Å². The van der Waals surface area contributed by atoms with Crippen LogP contribution in [0.15, 0.2) is 163 Å². The number of anilines is 1. The molecular formula is C41H27NO7. The van der Waals surface area contributed by atoms with Gasteiger partial charge in [0.2, 0.25) is 11.8 Å². The minimum atomic E-state index is -2.02. The molecule has 1 aliphatic heterocycles. The van der Waals surface area contributed by atoms with Gasteiger partial charge in [0.1, 0.15) is 10.8 Å². The van der Waals surface area contributed by atoms with E-state index in [1.54, 1.807) is 152 Å². The molecule has 5 aromatic carbocycles. The third-order valence-corrected chi connectivity index (χ3v) is 9.76. The molecular weight excluding hydrogens is 618 g/mol. The van der Waals surface area contributed by atoms with Gasteiger partial charge in [0.15, 0.2) is 17.3 Å². The van der Waals surface area contributed by atoms with Crippen molar-refractivity contribution in [2.45, 2.75) is 10.8 Å². The van der Waals surface area contributed by atoms with Crippen LogP contribution in [0.1, 0.15) is 31.8 Å². The van der Waals surface area contributed by atoms with Crippen LogP contribution < -0.4 is 4.90 Å². The number of Topliss-reactive ketones (excluding diaryl/α,β-unsaturated/α-hetero) is 1. The molecule has 1 saturated heterocycles. The normalized spacial score (nSPS) is 23.8. The van der Waals surface area contributed by atoms with Crippen molar-refractivity contribution in [1.29, 1.82) is 0 Å². The second kappa shape index (κ2) is 11.4. The molecule has 1 heterocycles. The van der Waals surface area contributed by atoms with Gasteiger partial charge in [0, 0.05) is 0 Å². The van der Waals surface area contributed by atoms with E-state index in [0.717, 1.165) is 4.90 Å². The Balaban J connectivity index is 1.46. The number of fused-ring (bicyclic) bond motifs is 5. The minimum absolute atomic E-state index is 0.173. The molecule has 2 bridgehead atoms. The lowest BCUT2D eigenvalue weighted by molar-refractivity contribution is -0.131. The number of esters is 2. The van der Waals surface area contributed by atoms with Crippen molar-refractivity contribution >= 4 is 35.2 Å². The first kappa shape index (κ1) is 30.0. The highest BCUT2D eigenvalue weighted by Crippen LogP contribution is 2.71. The van der Waals surface area contributed by atoms with E-state index in [4.69, 9.17) is 9.47 Å². The molecule has 2 aliphatic carbocycles. The third-order valence-electron chi connectivity index (χ3n) is 9.76. The van der Waals surface area contributed by atoms with Gasteiger partial charge in [-0.05, 0) is 47.5 Å². The van der Waals surface area contributed by atoms with E-state index >= 15 is 4.79 Å². The third kappa shape index (κ3) is 4.13. The highest BCUT2D eigenvalue weighted by Gasteiger charge is 2.85. The number of imide groups is 1. The van der Waals surface area contributed by atoms with Crippen LogP contribution in [-0.4, -0.2) is 29.5 Å². The summed E-state index contributed by atoms with van der Waals surface area (Å²) in [5.74, 6) is -6.75. The molecule has 4 atom stereocenters. The van der Waals surface area contributed by atoms with Gasteiger partial charge in [-0.2, -0.15) is 0 Å². The van der Waals surface area contributed by atoms with Crippen LogP contribution in [0.25, 0.3) is 0 Å². The first-order valence-electron chi connectivity index (χ1n) is 15.8. The van der Waals surface area contributed by atoms with Gasteiger partial charge < -0.3 is 9.47 Å². The molecule has 0 spiro atoms. The number of nitrogens with zero attached hydrogens (tertiary/aromatic N) is 1. The molecule has 0 radical (unpaired) electrons. The van der Waals surface area contributed by atoms with Crippen LogP contribution in [0.5, 0.6) is 0 Å². The summed E-state index contributed by atoms with van der Waals surface area (Å²) in [6.07, 6.45) is 0. The lowest BCUT2D eigenvalue weighted by Gasteiger charge is -2.36. The topological polar surface area (TPSA) is 107 Å². The fourth-order valence-electron chi connectivity index (χ4n) is 7.81. The quantitative estimate of drug-likeness (QED) is 0.154. The van der Waals surface area contributed by atoms with Gasteiger partial charge in [0.25, 0.3) is 0 Å². The van der Waals surface area contributed by atoms with E-state index in [1.165, 1.54) is 0 Å². The second-order valence-corrected chi connectivity index (χ2v) is 12.1. The maximum Gasteiger partial charge on any atom is 0.343 e. The molecule has 5 aromatic rings. The maximum atomic E-state index is 15.7. The number of carbonyl (C=O) groups excluding carboxylic acids is 5. The summed E-state index contributed by atoms with van der Waals surface area (Å²) < 4.78 is 12.5. The van der Waals surface area contributed by atoms with Crippen molar-refractivity contribution in [3.05, 3.63) is 185 Å². The van der Waals surface area contributed by atoms with Crippen molar-refractivity contribution in [2.24, 2.45) is 11.8 Å². The molecule has 238 valence electrons. The van der Waals surface area contributed by atoms with E-state index in [-0.39, 0.29) is 22.6 Å². The zero-order valence-electron chi connectivity index (χ0n) is 25.9. The number of hydrogen-bond donors (Lipinski definition) is 0. The number of rotatable bonds is 7. The van der Waals surface area contributed by atoms with Gasteiger partial charge in [-0.1, -0.05) is 115 Å². The fraction of sp³-hybridized carbons (Fsp3) is 0.0976. The molecule has 0 aromatic heterocycles. The highest BCUT2D eigenvalue weighted by atomic mass is 16.6. The molecule has 2 fully saturated rings. The van der Waals surface area contributed by atoms with Crippen molar-refractivity contribution in [1.82, 2.24) is 0 Å². The molecule has 0 N–H and O–H groups in total. The summed E-state index contributed by atoms with van der Waals surface area (Å²) in [5.41, 5.74) is -2.71. The van der Waals surface area contributed by atoms with Gasteiger partial charge in [0.05, 0.1) is 28.7 Å². The number of ketones is 1. The molecule has 8 nitrogen and oxygen atoms in total. The Morgan fingerprint density at radius 2 is 0.796 bits per heavy atom. The maximum absolute atomic E-state index is 15.7. The molecule has 2 amide bonds. The van der Waals surface area contributed by atoms with E-state index in [0.29, 0.717) is 16.8 Å². The van der Waals surface area contributed by atoms with Crippen molar-refractivity contribution in [3.8, 4) is 0 Å². The monoisotopic (exact) mass is 645 g/mol. The van der Waals surface area contributed by atoms with Gasteiger partial charge in [-0.3, -0.25) is 14.4 Å². The van der Waals surface area contributed by atoms with E-state index < -0.39 is 52.2 Å². The summed E-state index contributed by atoms with van der Waals surface area (Å²) >= 11 is 0. The van der Waals surface area contributed by atoms with Crippen LogP contribution in [0.2, 0.25) is 0 Å². The number of hydrogen-bond acceptors (Lipinski definition) is 7. The molecule has 3 aliphatic rings. The largest absolute Gasteiger partial charge is 0.422 e. The van der Waals surface area contributed by atoms with Crippen LogP contribution >= 0.6 is 0 Å². The molecule has 8 rings (SSSR count). The molecule has 8 heteroatoms. The predicted octanol–water partition coefficient (Wildman–Crippen LogP) is 6.19. The molecule has 0 unspecified atom stereocenters. The average Bonchev–Trinajstić information content (AvgIpc) is 3.65. The van der Waals surface area contributed by atoms with Gasteiger partial charge in [-0.15, -0.1) is 0 Å². The van der Waals surface area contributed by atoms with Crippen LogP contribution in [-0.2, 0) is 34.7 Å². The SMILES string of the molecule is O=C(OC1=C(OC(=O)c2ccccc2)[C@@]2(c3ccccc3)C(=O)[C@]1(c1ccccc1)[C@@H]1C(=O)N(c3ccccc3)C(=O)[C@@H]12)c1ccccc1. The second-order valence-electron chi connectivity index (χ2n) is 12.1. The summed E-state index contributed by atoms with van der Waals surface area (Å²) in [6.45, 7) is 0. The predicted molar refractivity (Wildman–Crippen MR) is 178 cm³/mol. The van der Waals surface area contributed by atoms with Gasteiger partial charge >= 0.3 is 11.9 Å². The minimum Gasteiger partial charge on any atom is -0.422 e. The smallest absolute Gasteiger partial charge is 0.343 e. The van der Waals surface area contributed by atoms with E-state index in [9.17, 15) is 19.2 Å². The Labute approximate surface area is 281 Å². The Kier molecular flexibility index (Phi) is 6.96. The van der Waals surface area contributed by atoms with Crippen molar-refractivity contribution in [3.63, 3.8) is 0 Å². The highest BCUT2D eigenvalue weighted by molar-refractivity contribution is 6.31. The summed E-state index contributed by atoms with van der Waals surface area (Å²) in [5, 5.41) is 0.